The van der Waals surface area contributed by atoms with Crippen LogP contribution in [0.4, 0.5) is 0 Å². The third-order valence-corrected chi connectivity index (χ3v) is 1.56. The van der Waals surface area contributed by atoms with Gasteiger partial charge >= 0.3 is 0 Å². The summed E-state index contributed by atoms with van der Waals surface area (Å²) in [6, 6.07) is 1.88. The van der Waals surface area contributed by atoms with Crippen molar-refractivity contribution in [2.75, 3.05) is 6.54 Å². The van der Waals surface area contributed by atoms with E-state index < -0.39 is 0 Å². The van der Waals surface area contributed by atoms with Gasteiger partial charge in [0.1, 0.15) is 6.26 Å². The highest BCUT2D eigenvalue weighted by atomic mass is 16.5. The van der Waals surface area contributed by atoms with Crippen molar-refractivity contribution >= 4 is 0 Å². The third-order valence-electron chi connectivity index (χ3n) is 1.56. The summed E-state index contributed by atoms with van der Waals surface area (Å²) in [5, 5.41) is 3.80. The number of hydrogen-bond donors (Lipinski definition) is 1. The van der Waals surface area contributed by atoms with Crippen molar-refractivity contribution in [2.24, 2.45) is 5.73 Å². The number of nitrogens with two attached hydrogens (primary N) is 1. The second kappa shape index (κ2) is 3.37. The fourth-order valence-corrected chi connectivity index (χ4v) is 0.874. The molecule has 1 atom stereocenters. The molecular weight excluding hydrogens is 128 g/mol. The molecule has 0 aliphatic carbocycles. The molecule has 1 rings (SSSR count). The van der Waals surface area contributed by atoms with E-state index >= 15 is 0 Å². The second-order valence-electron chi connectivity index (χ2n) is 2.40. The van der Waals surface area contributed by atoms with Crippen molar-refractivity contribution in [2.45, 2.75) is 19.3 Å². The summed E-state index contributed by atoms with van der Waals surface area (Å²) in [4.78, 5) is 0. The van der Waals surface area contributed by atoms with Gasteiger partial charge in [0.2, 0.25) is 0 Å². The van der Waals surface area contributed by atoms with Gasteiger partial charge < -0.3 is 10.3 Å². The molecule has 1 aromatic heterocycles. The third kappa shape index (κ3) is 1.57. The van der Waals surface area contributed by atoms with Crippen LogP contribution < -0.4 is 5.73 Å². The normalized spacial score (nSPS) is 13.4. The van der Waals surface area contributed by atoms with Gasteiger partial charge in [0, 0.05) is 12.0 Å². The molecule has 0 aromatic carbocycles. The molecular formula is C7H12N2O. The van der Waals surface area contributed by atoms with E-state index in [1.165, 1.54) is 0 Å². The fraction of sp³-hybridized carbons (Fsp3) is 0.571. The summed E-state index contributed by atoms with van der Waals surface area (Å²) >= 11 is 0. The summed E-state index contributed by atoms with van der Waals surface area (Å²) in [5.74, 6) is 0.420. The summed E-state index contributed by atoms with van der Waals surface area (Å²) < 4.78 is 4.69. The minimum absolute atomic E-state index is 0.420. The molecule has 56 valence electrons. The lowest BCUT2D eigenvalue weighted by molar-refractivity contribution is 0.405. The zero-order valence-corrected chi connectivity index (χ0v) is 6.08. The van der Waals surface area contributed by atoms with Gasteiger partial charge in [0.25, 0.3) is 0 Å². The maximum Gasteiger partial charge on any atom is 0.124 e. The standard InChI is InChI=1S/C7H12N2O/c1-6(2-4-8)7-3-5-10-9-7/h3,5-6H,2,4,8H2,1H3. The van der Waals surface area contributed by atoms with Crippen molar-refractivity contribution in [3.05, 3.63) is 18.0 Å². The van der Waals surface area contributed by atoms with Crippen molar-refractivity contribution in [1.82, 2.24) is 5.16 Å². The molecule has 0 fully saturated rings. The Morgan fingerprint density at radius 3 is 3.10 bits per heavy atom. The molecule has 2 N–H and O–H groups in total. The minimum atomic E-state index is 0.420. The van der Waals surface area contributed by atoms with E-state index in [9.17, 15) is 0 Å². The average Bonchev–Trinajstić information content (AvgIpc) is 2.38. The first kappa shape index (κ1) is 7.28. The molecule has 0 amide bonds. The van der Waals surface area contributed by atoms with Crippen LogP contribution in [0.15, 0.2) is 16.9 Å². The van der Waals surface area contributed by atoms with Crippen molar-refractivity contribution in [3.8, 4) is 0 Å². The van der Waals surface area contributed by atoms with E-state index in [1.54, 1.807) is 6.26 Å². The molecule has 10 heavy (non-hydrogen) atoms. The van der Waals surface area contributed by atoms with Crippen LogP contribution in [0.2, 0.25) is 0 Å². The Balaban J connectivity index is 2.50. The Bertz CT molecular complexity index is 172. The Labute approximate surface area is 60.2 Å². The number of aromatic nitrogens is 1. The predicted octanol–water partition coefficient (Wildman–Crippen LogP) is 1.13. The van der Waals surface area contributed by atoms with Gasteiger partial charge in [0.05, 0.1) is 5.69 Å². The van der Waals surface area contributed by atoms with E-state index in [0.29, 0.717) is 12.5 Å². The molecule has 0 radical (unpaired) electrons. The molecule has 0 bridgehead atoms. The van der Waals surface area contributed by atoms with E-state index in [2.05, 4.69) is 12.1 Å². The van der Waals surface area contributed by atoms with Gasteiger partial charge in [-0.15, -0.1) is 0 Å². The summed E-state index contributed by atoms with van der Waals surface area (Å²) in [7, 11) is 0. The van der Waals surface area contributed by atoms with Crippen molar-refractivity contribution in [3.63, 3.8) is 0 Å². The van der Waals surface area contributed by atoms with Crippen LogP contribution in [0.5, 0.6) is 0 Å². The van der Waals surface area contributed by atoms with Gasteiger partial charge in [-0.3, -0.25) is 0 Å². The lowest BCUT2D eigenvalue weighted by Gasteiger charge is -2.02. The Morgan fingerprint density at radius 2 is 2.60 bits per heavy atom. The number of nitrogens with zero attached hydrogens (tertiary/aromatic N) is 1. The van der Waals surface area contributed by atoms with Gasteiger partial charge in [-0.25, -0.2) is 0 Å². The molecule has 3 heteroatoms. The highest BCUT2D eigenvalue weighted by Crippen LogP contribution is 2.14. The van der Waals surface area contributed by atoms with Gasteiger partial charge in [0.15, 0.2) is 0 Å². The number of hydrogen-bond acceptors (Lipinski definition) is 3. The summed E-state index contributed by atoms with van der Waals surface area (Å²) in [6.45, 7) is 2.79. The van der Waals surface area contributed by atoms with Gasteiger partial charge in [-0.05, 0) is 13.0 Å². The molecule has 3 nitrogen and oxygen atoms in total. The van der Waals surface area contributed by atoms with Crippen LogP contribution in [0, 0.1) is 0 Å². The SMILES string of the molecule is CC(CCN)c1ccon1. The van der Waals surface area contributed by atoms with Gasteiger partial charge in [-0.2, -0.15) is 0 Å². The first-order chi connectivity index (χ1) is 4.84. The fourth-order valence-electron chi connectivity index (χ4n) is 0.874. The smallest absolute Gasteiger partial charge is 0.124 e. The van der Waals surface area contributed by atoms with E-state index in [-0.39, 0.29) is 0 Å². The van der Waals surface area contributed by atoms with Crippen LogP contribution in [-0.2, 0) is 0 Å². The summed E-state index contributed by atoms with van der Waals surface area (Å²) in [5.41, 5.74) is 6.37. The average molecular weight is 140 g/mol. The lowest BCUT2D eigenvalue weighted by atomic mass is 10.1. The highest BCUT2D eigenvalue weighted by molar-refractivity contribution is 5.01. The Morgan fingerprint density at radius 1 is 1.80 bits per heavy atom. The Hall–Kier alpha value is -0.830. The topological polar surface area (TPSA) is 52.0 Å². The molecule has 0 saturated heterocycles. The van der Waals surface area contributed by atoms with E-state index in [4.69, 9.17) is 10.3 Å². The first-order valence-corrected chi connectivity index (χ1v) is 3.45. The molecule has 0 spiro atoms. The van der Waals surface area contributed by atoms with Crippen molar-refractivity contribution < 1.29 is 4.52 Å². The quantitative estimate of drug-likeness (QED) is 0.684. The maximum atomic E-state index is 5.38. The zero-order chi connectivity index (χ0) is 7.40. The summed E-state index contributed by atoms with van der Waals surface area (Å²) in [6.07, 6.45) is 2.55. The minimum Gasteiger partial charge on any atom is -0.365 e. The van der Waals surface area contributed by atoms with Crippen LogP contribution in [0.1, 0.15) is 25.0 Å². The van der Waals surface area contributed by atoms with E-state index in [0.717, 1.165) is 12.1 Å². The molecule has 1 aromatic rings. The van der Waals surface area contributed by atoms with Crippen molar-refractivity contribution in [1.29, 1.82) is 0 Å². The predicted molar refractivity (Wildman–Crippen MR) is 38.6 cm³/mol. The van der Waals surface area contributed by atoms with Crippen LogP contribution in [-0.4, -0.2) is 11.7 Å². The van der Waals surface area contributed by atoms with E-state index in [1.807, 2.05) is 6.07 Å². The number of rotatable bonds is 3. The monoisotopic (exact) mass is 140 g/mol. The molecule has 0 aliphatic rings. The Kier molecular flexibility index (Phi) is 2.45. The zero-order valence-electron chi connectivity index (χ0n) is 6.08. The van der Waals surface area contributed by atoms with Crippen LogP contribution >= 0.6 is 0 Å². The molecule has 0 aliphatic heterocycles. The molecule has 1 heterocycles. The largest absolute Gasteiger partial charge is 0.365 e. The van der Waals surface area contributed by atoms with Crippen LogP contribution in [0.3, 0.4) is 0 Å². The lowest BCUT2D eigenvalue weighted by Crippen LogP contribution is -2.04. The molecule has 0 saturated carbocycles. The first-order valence-electron chi connectivity index (χ1n) is 3.45. The highest BCUT2D eigenvalue weighted by Gasteiger charge is 2.05. The maximum absolute atomic E-state index is 5.38. The molecule has 1 unspecified atom stereocenters. The van der Waals surface area contributed by atoms with Gasteiger partial charge in [-0.1, -0.05) is 12.1 Å². The second-order valence-corrected chi connectivity index (χ2v) is 2.40. The van der Waals surface area contributed by atoms with Crippen LogP contribution in [0.25, 0.3) is 0 Å².